The molecule has 0 spiro atoms. The smallest absolute Gasteiger partial charge is 0.115 e. The zero-order valence-corrected chi connectivity index (χ0v) is 7.02. The molecular formula is C7H18N2O. The molecule has 0 amide bonds. The zero-order chi connectivity index (χ0) is 8.41. The molecule has 0 radical (unpaired) electrons. The van der Waals surface area contributed by atoms with Crippen LogP contribution in [0.15, 0.2) is 0 Å². The lowest BCUT2D eigenvalue weighted by atomic mass is 9.80. The Balaban J connectivity index is 4.10. The van der Waals surface area contributed by atoms with Gasteiger partial charge >= 0.3 is 0 Å². The zero-order valence-electron chi connectivity index (χ0n) is 7.02. The summed E-state index contributed by atoms with van der Waals surface area (Å²) < 4.78 is 0. The van der Waals surface area contributed by atoms with Crippen LogP contribution in [0.2, 0.25) is 0 Å². The van der Waals surface area contributed by atoms with Gasteiger partial charge in [0.2, 0.25) is 0 Å². The number of hydrogen-bond donors (Lipinski definition) is 3. The molecule has 0 aliphatic rings. The van der Waals surface area contributed by atoms with Crippen LogP contribution in [0.3, 0.4) is 0 Å². The van der Waals surface area contributed by atoms with Gasteiger partial charge in [0.15, 0.2) is 0 Å². The largest absolute Gasteiger partial charge is 0.376 e. The van der Waals surface area contributed by atoms with Crippen LogP contribution in [-0.4, -0.2) is 17.4 Å². The van der Waals surface area contributed by atoms with E-state index in [0.717, 1.165) is 6.42 Å². The third-order valence-electron chi connectivity index (χ3n) is 2.14. The average molecular weight is 146 g/mol. The van der Waals surface area contributed by atoms with Gasteiger partial charge in [0.25, 0.3) is 0 Å². The summed E-state index contributed by atoms with van der Waals surface area (Å²) in [6, 6.07) is 0. The maximum atomic E-state index is 9.40. The Morgan fingerprint density at radius 2 is 1.70 bits per heavy atom. The number of aliphatic hydroxyl groups is 1. The first-order chi connectivity index (χ1) is 4.31. The molecule has 10 heavy (non-hydrogen) atoms. The minimum Gasteiger partial charge on any atom is -0.376 e. The molecule has 0 aromatic rings. The van der Waals surface area contributed by atoms with Crippen molar-refractivity contribution in [2.24, 2.45) is 16.9 Å². The third-order valence-corrected chi connectivity index (χ3v) is 2.14. The van der Waals surface area contributed by atoms with Crippen molar-refractivity contribution in [1.29, 1.82) is 0 Å². The monoisotopic (exact) mass is 146 g/mol. The summed E-state index contributed by atoms with van der Waals surface area (Å²) in [6.07, 6.45) is 0.733. The van der Waals surface area contributed by atoms with Crippen LogP contribution in [0.25, 0.3) is 0 Å². The molecule has 0 rings (SSSR count). The van der Waals surface area contributed by atoms with Crippen LogP contribution in [0.1, 0.15) is 27.2 Å². The van der Waals surface area contributed by atoms with E-state index in [2.05, 4.69) is 0 Å². The van der Waals surface area contributed by atoms with Crippen molar-refractivity contribution in [2.45, 2.75) is 32.9 Å². The summed E-state index contributed by atoms with van der Waals surface area (Å²) in [5.41, 5.74) is 9.41. The quantitative estimate of drug-likeness (QED) is 0.492. The van der Waals surface area contributed by atoms with Crippen molar-refractivity contribution in [3.63, 3.8) is 0 Å². The molecule has 0 saturated heterocycles. The predicted octanol–water partition coefficient (Wildman–Crippen LogP) is 0.0286. The highest BCUT2D eigenvalue weighted by molar-refractivity contribution is 4.84. The second-order valence-corrected chi connectivity index (χ2v) is 3.57. The van der Waals surface area contributed by atoms with Gasteiger partial charge < -0.3 is 16.6 Å². The lowest BCUT2D eigenvalue weighted by Crippen LogP contribution is -2.50. The predicted molar refractivity (Wildman–Crippen MR) is 42.3 cm³/mol. The van der Waals surface area contributed by atoms with Gasteiger partial charge in [-0.1, -0.05) is 13.8 Å². The Labute approximate surface area is 62.4 Å². The molecule has 1 unspecified atom stereocenters. The Bertz CT molecular complexity index is 105. The van der Waals surface area contributed by atoms with Crippen LogP contribution >= 0.6 is 0 Å². The van der Waals surface area contributed by atoms with E-state index in [1.165, 1.54) is 0 Å². The van der Waals surface area contributed by atoms with Crippen molar-refractivity contribution >= 4 is 0 Å². The Hall–Kier alpha value is -0.120. The molecule has 0 saturated carbocycles. The second kappa shape index (κ2) is 2.86. The van der Waals surface area contributed by atoms with E-state index in [0.29, 0.717) is 6.54 Å². The maximum absolute atomic E-state index is 9.40. The highest BCUT2D eigenvalue weighted by Gasteiger charge is 2.34. The second-order valence-electron chi connectivity index (χ2n) is 3.57. The Kier molecular flexibility index (Phi) is 2.83. The lowest BCUT2D eigenvalue weighted by molar-refractivity contribution is -0.0489. The van der Waals surface area contributed by atoms with Gasteiger partial charge in [-0.3, -0.25) is 0 Å². The molecule has 0 aromatic carbocycles. The van der Waals surface area contributed by atoms with Crippen molar-refractivity contribution in [3.8, 4) is 0 Å². The summed E-state index contributed by atoms with van der Waals surface area (Å²) in [7, 11) is 0. The fourth-order valence-corrected chi connectivity index (χ4v) is 0.614. The highest BCUT2D eigenvalue weighted by atomic mass is 16.3. The van der Waals surface area contributed by atoms with E-state index in [-0.39, 0.29) is 5.41 Å². The van der Waals surface area contributed by atoms with E-state index in [1.807, 2.05) is 13.8 Å². The molecule has 0 aromatic heterocycles. The lowest BCUT2D eigenvalue weighted by Gasteiger charge is -2.36. The average Bonchev–Trinajstić information content (AvgIpc) is 1.61. The topological polar surface area (TPSA) is 72.3 Å². The van der Waals surface area contributed by atoms with Crippen LogP contribution in [0, 0.1) is 5.41 Å². The molecule has 3 heteroatoms. The molecule has 0 aliphatic carbocycles. The van der Waals surface area contributed by atoms with Crippen molar-refractivity contribution in [2.75, 3.05) is 6.54 Å². The highest BCUT2D eigenvalue weighted by Crippen LogP contribution is 2.29. The van der Waals surface area contributed by atoms with Gasteiger partial charge in [-0.2, -0.15) is 0 Å². The molecule has 62 valence electrons. The van der Waals surface area contributed by atoms with Crippen molar-refractivity contribution in [1.82, 2.24) is 0 Å². The first kappa shape index (κ1) is 9.88. The fourth-order valence-electron chi connectivity index (χ4n) is 0.614. The van der Waals surface area contributed by atoms with Gasteiger partial charge in [-0.15, -0.1) is 0 Å². The molecule has 1 atom stereocenters. The molecular weight excluding hydrogens is 128 g/mol. The van der Waals surface area contributed by atoms with E-state index in [9.17, 15) is 5.11 Å². The fraction of sp³-hybridized carbons (Fsp3) is 1.00. The Morgan fingerprint density at radius 3 is 1.80 bits per heavy atom. The van der Waals surface area contributed by atoms with Gasteiger partial charge in [0.05, 0.1) is 0 Å². The molecule has 3 nitrogen and oxygen atoms in total. The molecule has 5 N–H and O–H groups in total. The first-order valence-electron chi connectivity index (χ1n) is 3.52. The number of hydrogen-bond acceptors (Lipinski definition) is 3. The van der Waals surface area contributed by atoms with Gasteiger partial charge in [-0.05, 0) is 19.9 Å². The van der Waals surface area contributed by atoms with Crippen LogP contribution < -0.4 is 11.5 Å². The molecule has 0 aliphatic heterocycles. The van der Waals surface area contributed by atoms with Gasteiger partial charge in [0.1, 0.15) is 5.72 Å². The summed E-state index contributed by atoms with van der Waals surface area (Å²) in [4.78, 5) is 0. The van der Waals surface area contributed by atoms with Gasteiger partial charge in [-0.25, -0.2) is 0 Å². The van der Waals surface area contributed by atoms with E-state index >= 15 is 0 Å². The summed E-state index contributed by atoms with van der Waals surface area (Å²) in [5.74, 6) is 0. The standard InChI is InChI=1S/C7H18N2O/c1-6(2,4-5-8)7(3,9)10/h10H,4-5,8-9H2,1-3H3. The first-order valence-corrected chi connectivity index (χ1v) is 3.52. The van der Waals surface area contributed by atoms with Crippen LogP contribution in [0.4, 0.5) is 0 Å². The van der Waals surface area contributed by atoms with Crippen LogP contribution in [-0.2, 0) is 0 Å². The summed E-state index contributed by atoms with van der Waals surface area (Å²) >= 11 is 0. The minimum absolute atomic E-state index is 0.304. The number of rotatable bonds is 3. The van der Waals surface area contributed by atoms with E-state index < -0.39 is 5.72 Å². The van der Waals surface area contributed by atoms with E-state index in [4.69, 9.17) is 11.5 Å². The normalized spacial score (nSPS) is 18.6. The Morgan fingerprint density at radius 1 is 1.30 bits per heavy atom. The van der Waals surface area contributed by atoms with Crippen molar-refractivity contribution < 1.29 is 5.11 Å². The summed E-state index contributed by atoms with van der Waals surface area (Å²) in [5, 5.41) is 9.40. The van der Waals surface area contributed by atoms with Gasteiger partial charge in [0, 0.05) is 5.41 Å². The summed E-state index contributed by atoms with van der Waals surface area (Å²) in [6.45, 7) is 5.96. The maximum Gasteiger partial charge on any atom is 0.115 e. The number of nitrogens with two attached hydrogens (primary N) is 2. The SMILES string of the molecule is CC(N)(O)C(C)(C)CCN. The molecule has 0 heterocycles. The van der Waals surface area contributed by atoms with E-state index in [1.54, 1.807) is 6.92 Å². The van der Waals surface area contributed by atoms with Crippen LogP contribution in [0.5, 0.6) is 0 Å². The minimum atomic E-state index is -1.13. The third kappa shape index (κ3) is 2.25. The molecule has 0 bridgehead atoms. The van der Waals surface area contributed by atoms with Crippen molar-refractivity contribution in [3.05, 3.63) is 0 Å². The molecule has 0 fully saturated rings.